The van der Waals surface area contributed by atoms with Crippen LogP contribution in [0.15, 0.2) is 42.7 Å². The van der Waals surface area contributed by atoms with E-state index in [1.54, 1.807) is 6.20 Å². The number of nitrogens with two attached hydrogens (primary N) is 1. The van der Waals surface area contributed by atoms with Crippen molar-refractivity contribution >= 4 is 0 Å². The molecule has 0 spiro atoms. The van der Waals surface area contributed by atoms with Crippen molar-refractivity contribution in [3.63, 3.8) is 0 Å². The van der Waals surface area contributed by atoms with Crippen LogP contribution in [-0.4, -0.2) is 11.6 Å². The molecule has 19 heavy (non-hydrogen) atoms. The molecule has 3 heteroatoms. The molecular formula is C16H18N2O. The van der Waals surface area contributed by atoms with E-state index >= 15 is 0 Å². The molecule has 0 fully saturated rings. The topological polar surface area (TPSA) is 48.1 Å². The molecule has 0 saturated carbocycles. The maximum absolute atomic E-state index is 6.19. The molecule has 2 aromatic rings. The molecule has 3 nitrogen and oxygen atoms in total. The van der Waals surface area contributed by atoms with Gasteiger partial charge in [-0.3, -0.25) is 4.98 Å². The minimum atomic E-state index is 0.0539. The second kappa shape index (κ2) is 5.41. The summed E-state index contributed by atoms with van der Waals surface area (Å²) in [5.74, 6) is 1.04. The summed E-state index contributed by atoms with van der Waals surface area (Å²) in [7, 11) is 0. The molecule has 2 N–H and O–H groups in total. The lowest BCUT2D eigenvalue weighted by Crippen LogP contribution is -2.11. The van der Waals surface area contributed by atoms with Crippen molar-refractivity contribution in [2.75, 3.05) is 6.61 Å². The van der Waals surface area contributed by atoms with Crippen molar-refractivity contribution in [3.05, 3.63) is 59.4 Å². The van der Waals surface area contributed by atoms with Crippen molar-refractivity contribution in [1.29, 1.82) is 0 Å². The van der Waals surface area contributed by atoms with Crippen LogP contribution in [-0.2, 0) is 12.8 Å². The molecule has 2 heterocycles. The third-order valence-corrected chi connectivity index (χ3v) is 3.61. The molecule has 1 unspecified atom stereocenters. The Morgan fingerprint density at radius 2 is 2.26 bits per heavy atom. The number of hydrogen-bond acceptors (Lipinski definition) is 3. The predicted octanol–water partition coefficient (Wildman–Crippen LogP) is 2.65. The quantitative estimate of drug-likeness (QED) is 0.912. The van der Waals surface area contributed by atoms with Crippen molar-refractivity contribution in [3.8, 4) is 5.75 Å². The molecule has 1 aromatic heterocycles. The number of ether oxygens (including phenoxy) is 1. The zero-order valence-corrected chi connectivity index (χ0v) is 10.9. The van der Waals surface area contributed by atoms with Gasteiger partial charge in [0.15, 0.2) is 0 Å². The highest BCUT2D eigenvalue weighted by atomic mass is 16.5. The van der Waals surface area contributed by atoms with Crippen LogP contribution in [0.4, 0.5) is 0 Å². The highest BCUT2D eigenvalue weighted by Gasteiger charge is 2.12. The number of benzene rings is 1. The van der Waals surface area contributed by atoms with E-state index in [1.807, 2.05) is 18.3 Å². The van der Waals surface area contributed by atoms with Gasteiger partial charge >= 0.3 is 0 Å². The summed E-state index contributed by atoms with van der Waals surface area (Å²) < 4.78 is 5.52. The number of aryl methyl sites for hydroxylation is 1. The van der Waals surface area contributed by atoms with Crippen molar-refractivity contribution in [2.24, 2.45) is 5.73 Å². The minimum Gasteiger partial charge on any atom is -0.493 e. The summed E-state index contributed by atoms with van der Waals surface area (Å²) in [4.78, 5) is 4.11. The Kier molecular flexibility index (Phi) is 3.47. The number of pyridine rings is 1. The zero-order chi connectivity index (χ0) is 13.1. The number of aromatic nitrogens is 1. The van der Waals surface area contributed by atoms with Gasteiger partial charge in [0.05, 0.1) is 6.61 Å². The summed E-state index contributed by atoms with van der Waals surface area (Å²) in [5.41, 5.74) is 9.96. The van der Waals surface area contributed by atoms with E-state index in [9.17, 15) is 0 Å². The zero-order valence-electron chi connectivity index (χ0n) is 10.9. The fourth-order valence-corrected chi connectivity index (χ4v) is 2.48. The van der Waals surface area contributed by atoms with Gasteiger partial charge in [0.25, 0.3) is 0 Å². The molecule has 98 valence electrons. The summed E-state index contributed by atoms with van der Waals surface area (Å²) in [5, 5.41) is 0. The third kappa shape index (κ3) is 2.76. The van der Waals surface area contributed by atoms with Crippen LogP contribution in [0.3, 0.4) is 0 Å². The summed E-state index contributed by atoms with van der Waals surface area (Å²) in [6.07, 6.45) is 6.57. The molecule has 3 rings (SSSR count). The largest absolute Gasteiger partial charge is 0.493 e. The number of rotatable bonds is 4. The van der Waals surface area contributed by atoms with Crippen molar-refractivity contribution in [2.45, 2.75) is 25.3 Å². The van der Waals surface area contributed by atoms with E-state index in [1.165, 1.54) is 11.1 Å². The summed E-state index contributed by atoms with van der Waals surface area (Å²) in [6.45, 7) is 0.813. The molecule has 1 aromatic carbocycles. The second-order valence-corrected chi connectivity index (χ2v) is 4.97. The standard InChI is InChI=1S/C16H18N2O/c17-15(14-2-1-8-18-11-14)5-3-12-4-6-16-13(10-12)7-9-19-16/h1-2,4,6,8,10-11,15H,3,5,7,9,17H2. The van der Waals surface area contributed by atoms with Gasteiger partial charge in [0, 0.05) is 24.9 Å². The molecule has 0 bridgehead atoms. The first-order valence-electron chi connectivity index (χ1n) is 6.73. The molecule has 0 saturated heterocycles. The first-order chi connectivity index (χ1) is 9.33. The van der Waals surface area contributed by atoms with E-state index in [4.69, 9.17) is 10.5 Å². The van der Waals surface area contributed by atoms with Gasteiger partial charge in [-0.2, -0.15) is 0 Å². The van der Waals surface area contributed by atoms with E-state index < -0.39 is 0 Å². The average Bonchev–Trinajstić information content (AvgIpc) is 2.93. The second-order valence-electron chi connectivity index (χ2n) is 4.97. The molecule has 0 amide bonds. The van der Waals surface area contributed by atoms with Crippen LogP contribution >= 0.6 is 0 Å². The summed E-state index contributed by atoms with van der Waals surface area (Å²) in [6, 6.07) is 10.5. The van der Waals surface area contributed by atoms with Crippen LogP contribution < -0.4 is 10.5 Å². The van der Waals surface area contributed by atoms with E-state index in [0.29, 0.717) is 0 Å². The molecule has 1 aliphatic heterocycles. The Balaban J connectivity index is 1.63. The fourth-order valence-electron chi connectivity index (χ4n) is 2.48. The first kappa shape index (κ1) is 12.2. The fraction of sp³-hybridized carbons (Fsp3) is 0.312. The normalized spacial score (nSPS) is 14.8. The van der Waals surface area contributed by atoms with Gasteiger partial charge in [0.1, 0.15) is 5.75 Å². The Hall–Kier alpha value is -1.87. The van der Waals surface area contributed by atoms with Crippen LogP contribution in [0.5, 0.6) is 5.75 Å². The van der Waals surface area contributed by atoms with Gasteiger partial charge in [-0.25, -0.2) is 0 Å². The highest BCUT2D eigenvalue weighted by Crippen LogP contribution is 2.27. The minimum absolute atomic E-state index is 0.0539. The van der Waals surface area contributed by atoms with Crippen LogP contribution in [0, 0.1) is 0 Å². The molecule has 1 atom stereocenters. The Bertz CT molecular complexity index is 554. The lowest BCUT2D eigenvalue weighted by molar-refractivity contribution is 0.357. The van der Waals surface area contributed by atoms with Crippen LogP contribution in [0.25, 0.3) is 0 Å². The SMILES string of the molecule is NC(CCc1ccc2c(c1)CCO2)c1cccnc1. The van der Waals surface area contributed by atoms with Gasteiger partial charge in [-0.15, -0.1) is 0 Å². The Morgan fingerprint density at radius 3 is 3.11 bits per heavy atom. The van der Waals surface area contributed by atoms with E-state index in [0.717, 1.165) is 37.2 Å². The number of hydrogen-bond donors (Lipinski definition) is 1. The van der Waals surface area contributed by atoms with Crippen molar-refractivity contribution < 1.29 is 4.74 Å². The molecular weight excluding hydrogens is 236 g/mol. The maximum Gasteiger partial charge on any atom is 0.122 e. The van der Waals surface area contributed by atoms with Gasteiger partial charge < -0.3 is 10.5 Å². The maximum atomic E-state index is 6.19. The lowest BCUT2D eigenvalue weighted by Gasteiger charge is -2.11. The average molecular weight is 254 g/mol. The Labute approximate surface area is 113 Å². The smallest absolute Gasteiger partial charge is 0.122 e. The van der Waals surface area contributed by atoms with Crippen LogP contribution in [0.1, 0.15) is 29.2 Å². The van der Waals surface area contributed by atoms with Gasteiger partial charge in [0.2, 0.25) is 0 Å². The number of nitrogens with zero attached hydrogens (tertiary/aromatic N) is 1. The third-order valence-electron chi connectivity index (χ3n) is 3.61. The summed E-state index contributed by atoms with van der Waals surface area (Å²) >= 11 is 0. The van der Waals surface area contributed by atoms with E-state index in [2.05, 4.69) is 23.2 Å². The van der Waals surface area contributed by atoms with E-state index in [-0.39, 0.29) is 6.04 Å². The lowest BCUT2D eigenvalue weighted by atomic mass is 9.99. The highest BCUT2D eigenvalue weighted by molar-refractivity contribution is 5.39. The Morgan fingerprint density at radius 1 is 1.32 bits per heavy atom. The molecule has 0 radical (unpaired) electrons. The predicted molar refractivity (Wildman–Crippen MR) is 75.1 cm³/mol. The molecule has 0 aliphatic carbocycles. The van der Waals surface area contributed by atoms with Gasteiger partial charge in [-0.1, -0.05) is 18.2 Å². The number of fused-ring (bicyclic) bond motifs is 1. The molecule has 1 aliphatic rings. The monoisotopic (exact) mass is 254 g/mol. The van der Waals surface area contributed by atoms with Crippen LogP contribution in [0.2, 0.25) is 0 Å². The van der Waals surface area contributed by atoms with Crippen molar-refractivity contribution in [1.82, 2.24) is 4.98 Å². The van der Waals surface area contributed by atoms with Gasteiger partial charge in [-0.05, 0) is 41.7 Å². The first-order valence-corrected chi connectivity index (χ1v) is 6.73.